The molecule has 100 valence electrons. The number of hydrogen-bond donors (Lipinski definition) is 0. The van der Waals surface area contributed by atoms with Gasteiger partial charge in [-0.05, 0) is 25.3 Å². The van der Waals surface area contributed by atoms with Gasteiger partial charge in [-0.1, -0.05) is 44.2 Å². The number of carbonyl (C=O) groups excluding carboxylic acids is 1. The molecule has 18 heavy (non-hydrogen) atoms. The monoisotopic (exact) mass is 250 g/mol. The summed E-state index contributed by atoms with van der Waals surface area (Å²) in [5.74, 6) is -0.299. The van der Waals surface area contributed by atoms with Crippen molar-refractivity contribution in [1.29, 1.82) is 0 Å². The lowest BCUT2D eigenvalue weighted by Crippen LogP contribution is -2.40. The Bertz CT molecular complexity index is 361. The van der Waals surface area contributed by atoms with Crippen LogP contribution in [0.15, 0.2) is 30.3 Å². The molecule has 1 atom stereocenters. The van der Waals surface area contributed by atoms with Crippen molar-refractivity contribution in [3.05, 3.63) is 35.9 Å². The minimum atomic E-state index is -0.965. The summed E-state index contributed by atoms with van der Waals surface area (Å²) in [7, 11) is 0. The maximum absolute atomic E-state index is 12.3. The molecule has 0 saturated carbocycles. The Labute approximate surface area is 109 Å². The summed E-state index contributed by atoms with van der Waals surface area (Å²) in [6, 6.07) is 9.57. The largest absolute Gasteiger partial charge is 0.464 e. The first-order chi connectivity index (χ1) is 8.71. The Morgan fingerprint density at radius 2 is 1.83 bits per heavy atom. The topological polar surface area (TPSA) is 35.5 Å². The van der Waals surface area contributed by atoms with Gasteiger partial charge in [0, 0.05) is 6.61 Å². The molecule has 3 heteroatoms. The molecule has 0 saturated heterocycles. The first-order valence-corrected chi connectivity index (χ1v) is 6.58. The highest BCUT2D eigenvalue weighted by molar-refractivity contribution is 5.81. The van der Waals surface area contributed by atoms with Gasteiger partial charge >= 0.3 is 5.97 Å². The van der Waals surface area contributed by atoms with Crippen LogP contribution in [-0.2, 0) is 19.9 Å². The molecule has 0 aromatic heterocycles. The second-order valence-corrected chi connectivity index (χ2v) is 4.12. The Balaban J connectivity index is 3.09. The van der Waals surface area contributed by atoms with E-state index in [1.807, 2.05) is 51.1 Å². The Hall–Kier alpha value is -1.35. The molecule has 1 unspecified atom stereocenters. The fourth-order valence-corrected chi connectivity index (χ4v) is 1.94. The van der Waals surface area contributed by atoms with E-state index in [4.69, 9.17) is 9.47 Å². The summed E-state index contributed by atoms with van der Waals surface area (Å²) in [5.41, 5.74) is -0.104. The molecule has 0 aliphatic carbocycles. The van der Waals surface area contributed by atoms with Crippen LogP contribution in [0.25, 0.3) is 0 Å². The van der Waals surface area contributed by atoms with Crippen molar-refractivity contribution in [3.63, 3.8) is 0 Å². The number of rotatable bonds is 7. The predicted molar refractivity (Wildman–Crippen MR) is 71.3 cm³/mol. The second-order valence-electron chi connectivity index (χ2n) is 4.12. The van der Waals surface area contributed by atoms with E-state index < -0.39 is 5.60 Å². The Morgan fingerprint density at radius 1 is 1.17 bits per heavy atom. The minimum Gasteiger partial charge on any atom is -0.464 e. The Morgan fingerprint density at radius 3 is 2.33 bits per heavy atom. The molecule has 3 nitrogen and oxygen atoms in total. The third kappa shape index (κ3) is 3.10. The zero-order valence-electron chi connectivity index (χ0n) is 11.4. The van der Waals surface area contributed by atoms with Crippen molar-refractivity contribution in [2.45, 2.75) is 39.2 Å². The average Bonchev–Trinajstić information content (AvgIpc) is 2.42. The lowest BCUT2D eigenvalue weighted by atomic mass is 9.90. The first kappa shape index (κ1) is 14.7. The molecular formula is C15H22O3. The van der Waals surface area contributed by atoms with Crippen LogP contribution >= 0.6 is 0 Å². The van der Waals surface area contributed by atoms with Crippen LogP contribution in [0.4, 0.5) is 0 Å². The Kier molecular flexibility index (Phi) is 5.86. The van der Waals surface area contributed by atoms with E-state index in [9.17, 15) is 4.79 Å². The zero-order valence-corrected chi connectivity index (χ0v) is 11.4. The quantitative estimate of drug-likeness (QED) is 0.697. The maximum atomic E-state index is 12.3. The molecule has 0 amide bonds. The normalized spacial score (nSPS) is 13.9. The second kappa shape index (κ2) is 7.17. The van der Waals surface area contributed by atoms with Crippen molar-refractivity contribution in [2.75, 3.05) is 13.2 Å². The summed E-state index contributed by atoms with van der Waals surface area (Å²) < 4.78 is 11.0. The first-order valence-electron chi connectivity index (χ1n) is 6.58. The van der Waals surface area contributed by atoms with Crippen LogP contribution in [0.5, 0.6) is 0 Å². The molecule has 0 radical (unpaired) electrons. The lowest BCUT2D eigenvalue weighted by molar-refractivity contribution is -0.175. The molecular weight excluding hydrogens is 228 g/mol. The van der Waals surface area contributed by atoms with E-state index in [1.54, 1.807) is 0 Å². The summed E-state index contributed by atoms with van der Waals surface area (Å²) in [4.78, 5) is 12.3. The SMILES string of the molecule is CCCOC(CC)(C(=O)OCC)c1ccccc1. The van der Waals surface area contributed by atoms with Gasteiger partial charge in [0.05, 0.1) is 6.61 Å². The fourth-order valence-electron chi connectivity index (χ4n) is 1.94. The van der Waals surface area contributed by atoms with Crippen molar-refractivity contribution in [1.82, 2.24) is 0 Å². The van der Waals surface area contributed by atoms with Gasteiger partial charge in [0.1, 0.15) is 0 Å². The van der Waals surface area contributed by atoms with E-state index >= 15 is 0 Å². The van der Waals surface area contributed by atoms with Gasteiger partial charge in [0.25, 0.3) is 0 Å². The highest BCUT2D eigenvalue weighted by atomic mass is 16.6. The highest BCUT2D eigenvalue weighted by Gasteiger charge is 2.41. The summed E-state index contributed by atoms with van der Waals surface area (Å²) in [6.45, 7) is 6.68. The predicted octanol–water partition coefficient (Wildman–Crippen LogP) is 3.28. The molecule has 0 N–H and O–H groups in total. The van der Waals surface area contributed by atoms with Gasteiger partial charge in [-0.3, -0.25) is 0 Å². The molecule has 0 heterocycles. The lowest BCUT2D eigenvalue weighted by Gasteiger charge is -2.30. The standard InChI is InChI=1S/C15H22O3/c1-4-12-18-15(5-2,14(16)17-6-3)13-10-8-7-9-11-13/h7-11H,4-6,12H2,1-3H3. The molecule has 1 aromatic rings. The van der Waals surface area contributed by atoms with E-state index in [-0.39, 0.29) is 5.97 Å². The maximum Gasteiger partial charge on any atom is 0.343 e. The van der Waals surface area contributed by atoms with E-state index in [1.165, 1.54) is 0 Å². The molecule has 0 aliphatic rings. The van der Waals surface area contributed by atoms with Crippen molar-refractivity contribution in [3.8, 4) is 0 Å². The fraction of sp³-hybridized carbons (Fsp3) is 0.533. The van der Waals surface area contributed by atoms with Crippen LogP contribution in [0.3, 0.4) is 0 Å². The van der Waals surface area contributed by atoms with E-state index in [0.717, 1.165) is 12.0 Å². The summed E-state index contributed by atoms with van der Waals surface area (Å²) >= 11 is 0. The van der Waals surface area contributed by atoms with Crippen molar-refractivity contribution >= 4 is 5.97 Å². The number of ether oxygens (including phenoxy) is 2. The molecule has 0 aliphatic heterocycles. The van der Waals surface area contributed by atoms with Gasteiger partial charge in [-0.2, -0.15) is 0 Å². The van der Waals surface area contributed by atoms with Crippen molar-refractivity contribution < 1.29 is 14.3 Å². The molecule has 1 rings (SSSR count). The minimum absolute atomic E-state index is 0.299. The van der Waals surface area contributed by atoms with Gasteiger partial charge in [-0.15, -0.1) is 0 Å². The molecule has 0 spiro atoms. The number of carbonyl (C=O) groups is 1. The van der Waals surface area contributed by atoms with E-state index in [2.05, 4.69) is 0 Å². The third-order valence-electron chi connectivity index (χ3n) is 2.90. The number of benzene rings is 1. The van der Waals surface area contributed by atoms with Crippen LogP contribution in [0, 0.1) is 0 Å². The molecule has 0 bridgehead atoms. The molecule has 0 fully saturated rings. The van der Waals surface area contributed by atoms with Crippen LogP contribution in [-0.4, -0.2) is 19.2 Å². The molecule has 1 aromatic carbocycles. The van der Waals surface area contributed by atoms with Crippen molar-refractivity contribution in [2.24, 2.45) is 0 Å². The van der Waals surface area contributed by atoms with Gasteiger partial charge in [-0.25, -0.2) is 4.79 Å². The third-order valence-corrected chi connectivity index (χ3v) is 2.90. The average molecular weight is 250 g/mol. The smallest absolute Gasteiger partial charge is 0.343 e. The number of esters is 1. The zero-order chi connectivity index (χ0) is 13.4. The van der Waals surface area contributed by atoms with Crippen LogP contribution in [0.1, 0.15) is 39.2 Å². The van der Waals surface area contributed by atoms with Gasteiger partial charge < -0.3 is 9.47 Å². The van der Waals surface area contributed by atoms with Gasteiger partial charge in [0.2, 0.25) is 0 Å². The number of hydrogen-bond acceptors (Lipinski definition) is 3. The van der Waals surface area contributed by atoms with Crippen LogP contribution < -0.4 is 0 Å². The van der Waals surface area contributed by atoms with E-state index in [0.29, 0.717) is 19.6 Å². The van der Waals surface area contributed by atoms with Gasteiger partial charge in [0.15, 0.2) is 5.60 Å². The highest BCUT2D eigenvalue weighted by Crippen LogP contribution is 2.31. The summed E-state index contributed by atoms with van der Waals surface area (Å²) in [6.07, 6.45) is 1.43. The van der Waals surface area contributed by atoms with Crippen LogP contribution in [0.2, 0.25) is 0 Å². The summed E-state index contributed by atoms with van der Waals surface area (Å²) in [5, 5.41) is 0.